The molecule has 0 aliphatic carbocycles. The molecule has 128 valence electrons. The first-order chi connectivity index (χ1) is 11.5. The van der Waals surface area contributed by atoms with Crippen LogP contribution in [0.15, 0.2) is 23.0 Å². The van der Waals surface area contributed by atoms with E-state index in [1.165, 1.54) is 0 Å². The maximum absolute atomic E-state index is 12.5. The van der Waals surface area contributed by atoms with Gasteiger partial charge in [0.25, 0.3) is 11.5 Å². The number of carbonyl (C=O) groups excluding carboxylic acids is 1. The SMILES string of the molecule is CN(C)CCNC(=O)COc1ccc2nc3n(c(=O)c2c1)CCC3. The molecule has 1 aliphatic rings. The lowest BCUT2D eigenvalue weighted by Crippen LogP contribution is -2.34. The highest BCUT2D eigenvalue weighted by molar-refractivity contribution is 5.80. The Morgan fingerprint density at radius 1 is 1.42 bits per heavy atom. The molecule has 1 N–H and O–H groups in total. The van der Waals surface area contributed by atoms with Gasteiger partial charge < -0.3 is 15.0 Å². The van der Waals surface area contributed by atoms with Crippen molar-refractivity contribution in [1.82, 2.24) is 19.8 Å². The zero-order valence-electron chi connectivity index (χ0n) is 14.0. The van der Waals surface area contributed by atoms with Crippen LogP contribution in [0.1, 0.15) is 12.2 Å². The number of benzene rings is 1. The number of fused-ring (bicyclic) bond motifs is 2. The summed E-state index contributed by atoms with van der Waals surface area (Å²) in [7, 11) is 3.89. The van der Waals surface area contributed by atoms with Crippen LogP contribution in [-0.2, 0) is 17.8 Å². The van der Waals surface area contributed by atoms with Crippen molar-refractivity contribution in [2.24, 2.45) is 0 Å². The normalized spacial score (nSPS) is 13.3. The van der Waals surface area contributed by atoms with E-state index in [9.17, 15) is 9.59 Å². The van der Waals surface area contributed by atoms with Gasteiger partial charge in [0.1, 0.15) is 11.6 Å². The minimum atomic E-state index is -0.180. The van der Waals surface area contributed by atoms with E-state index in [1.807, 2.05) is 19.0 Å². The summed E-state index contributed by atoms with van der Waals surface area (Å²) in [4.78, 5) is 30.8. The van der Waals surface area contributed by atoms with Gasteiger partial charge in [-0.25, -0.2) is 4.98 Å². The van der Waals surface area contributed by atoms with Gasteiger partial charge in [-0.05, 0) is 38.7 Å². The highest BCUT2D eigenvalue weighted by atomic mass is 16.5. The van der Waals surface area contributed by atoms with Crippen LogP contribution in [0, 0.1) is 0 Å². The zero-order valence-corrected chi connectivity index (χ0v) is 14.0. The van der Waals surface area contributed by atoms with Crippen molar-refractivity contribution in [2.75, 3.05) is 33.8 Å². The monoisotopic (exact) mass is 330 g/mol. The predicted octanol–water partition coefficient (Wildman–Crippen LogP) is 0.399. The summed E-state index contributed by atoms with van der Waals surface area (Å²) in [6, 6.07) is 5.19. The number of hydrogen-bond donors (Lipinski definition) is 1. The molecule has 1 aliphatic heterocycles. The Hall–Kier alpha value is -2.41. The summed E-state index contributed by atoms with van der Waals surface area (Å²) in [5, 5.41) is 3.32. The summed E-state index contributed by atoms with van der Waals surface area (Å²) in [5.74, 6) is 1.17. The highest BCUT2D eigenvalue weighted by Gasteiger charge is 2.16. The Morgan fingerprint density at radius 2 is 2.25 bits per heavy atom. The van der Waals surface area contributed by atoms with Crippen molar-refractivity contribution in [2.45, 2.75) is 19.4 Å². The zero-order chi connectivity index (χ0) is 17.1. The van der Waals surface area contributed by atoms with Gasteiger partial charge in [0, 0.05) is 26.1 Å². The standard InChI is InChI=1S/C17H22N4O3/c1-20(2)9-7-18-16(22)11-24-12-5-6-14-13(10-12)17(23)21-8-3-4-15(21)19-14/h5-6,10H,3-4,7-9,11H2,1-2H3,(H,18,22). The molecule has 1 aromatic heterocycles. The van der Waals surface area contributed by atoms with Crippen LogP contribution in [0.3, 0.4) is 0 Å². The average molecular weight is 330 g/mol. The molecule has 0 spiro atoms. The molecule has 0 saturated carbocycles. The molecule has 0 bridgehead atoms. The predicted molar refractivity (Wildman–Crippen MR) is 91.4 cm³/mol. The molecule has 0 unspecified atom stereocenters. The number of nitrogens with one attached hydrogen (secondary N) is 1. The van der Waals surface area contributed by atoms with E-state index < -0.39 is 0 Å². The lowest BCUT2D eigenvalue weighted by molar-refractivity contribution is -0.123. The Balaban J connectivity index is 1.68. The fraction of sp³-hybridized carbons (Fsp3) is 0.471. The Morgan fingerprint density at radius 3 is 3.04 bits per heavy atom. The van der Waals surface area contributed by atoms with Crippen LogP contribution in [0.5, 0.6) is 5.75 Å². The number of aryl methyl sites for hydroxylation is 1. The second-order valence-electron chi connectivity index (χ2n) is 6.21. The molecule has 0 saturated heterocycles. The van der Waals surface area contributed by atoms with Crippen LogP contribution in [0.2, 0.25) is 0 Å². The molecule has 7 nitrogen and oxygen atoms in total. The molecule has 2 aromatic rings. The lowest BCUT2D eigenvalue weighted by Gasteiger charge is -2.11. The summed E-state index contributed by atoms with van der Waals surface area (Å²) in [5.41, 5.74) is 0.643. The van der Waals surface area contributed by atoms with Crippen LogP contribution in [-0.4, -0.2) is 54.1 Å². The average Bonchev–Trinajstić information content (AvgIpc) is 3.02. The van der Waals surface area contributed by atoms with Gasteiger partial charge in [-0.15, -0.1) is 0 Å². The quantitative estimate of drug-likeness (QED) is 0.830. The Bertz CT molecular complexity index is 813. The number of carbonyl (C=O) groups is 1. The van der Waals surface area contributed by atoms with Gasteiger partial charge >= 0.3 is 0 Å². The molecule has 2 heterocycles. The van der Waals surface area contributed by atoms with Gasteiger partial charge in [0.15, 0.2) is 6.61 Å². The molecular weight excluding hydrogens is 308 g/mol. The van der Waals surface area contributed by atoms with E-state index in [4.69, 9.17) is 4.74 Å². The largest absolute Gasteiger partial charge is 0.484 e. The van der Waals surface area contributed by atoms with Crippen molar-refractivity contribution >= 4 is 16.8 Å². The minimum absolute atomic E-state index is 0.0339. The van der Waals surface area contributed by atoms with E-state index in [1.54, 1.807) is 22.8 Å². The first kappa shape index (κ1) is 16.4. The van der Waals surface area contributed by atoms with E-state index in [-0.39, 0.29) is 18.1 Å². The third-order valence-corrected chi connectivity index (χ3v) is 4.04. The van der Waals surface area contributed by atoms with Gasteiger partial charge in [-0.2, -0.15) is 0 Å². The van der Waals surface area contributed by atoms with E-state index in [2.05, 4.69) is 10.3 Å². The molecule has 1 amide bonds. The van der Waals surface area contributed by atoms with E-state index in [0.717, 1.165) is 31.8 Å². The van der Waals surface area contributed by atoms with Crippen LogP contribution < -0.4 is 15.6 Å². The molecule has 7 heteroatoms. The van der Waals surface area contributed by atoms with Crippen molar-refractivity contribution in [3.05, 3.63) is 34.4 Å². The number of nitrogens with zero attached hydrogens (tertiary/aromatic N) is 3. The second-order valence-corrected chi connectivity index (χ2v) is 6.21. The van der Waals surface area contributed by atoms with E-state index >= 15 is 0 Å². The van der Waals surface area contributed by atoms with Crippen LogP contribution in [0.4, 0.5) is 0 Å². The first-order valence-corrected chi connectivity index (χ1v) is 8.12. The van der Waals surface area contributed by atoms with Crippen molar-refractivity contribution in [3.8, 4) is 5.75 Å². The van der Waals surface area contributed by atoms with Crippen LogP contribution in [0.25, 0.3) is 10.9 Å². The van der Waals surface area contributed by atoms with E-state index in [0.29, 0.717) is 23.2 Å². The summed E-state index contributed by atoms with van der Waals surface area (Å²) in [6.45, 7) is 1.99. The third kappa shape index (κ3) is 3.56. The van der Waals surface area contributed by atoms with Gasteiger partial charge in [0.05, 0.1) is 10.9 Å². The first-order valence-electron chi connectivity index (χ1n) is 8.12. The number of hydrogen-bond acceptors (Lipinski definition) is 5. The molecular formula is C17H22N4O3. The number of aromatic nitrogens is 2. The van der Waals surface area contributed by atoms with Crippen molar-refractivity contribution < 1.29 is 9.53 Å². The van der Waals surface area contributed by atoms with Crippen molar-refractivity contribution in [3.63, 3.8) is 0 Å². The highest BCUT2D eigenvalue weighted by Crippen LogP contribution is 2.19. The number of amides is 1. The molecule has 0 fully saturated rings. The number of ether oxygens (including phenoxy) is 1. The summed E-state index contributed by atoms with van der Waals surface area (Å²) >= 11 is 0. The van der Waals surface area contributed by atoms with Gasteiger partial charge in [0.2, 0.25) is 0 Å². The molecule has 24 heavy (non-hydrogen) atoms. The maximum atomic E-state index is 12.5. The Kier molecular flexibility index (Phi) is 4.80. The van der Waals surface area contributed by atoms with Gasteiger partial charge in [-0.1, -0.05) is 0 Å². The number of rotatable bonds is 6. The van der Waals surface area contributed by atoms with Crippen LogP contribution >= 0.6 is 0 Å². The third-order valence-electron chi connectivity index (χ3n) is 4.04. The summed E-state index contributed by atoms with van der Waals surface area (Å²) in [6.07, 6.45) is 1.80. The molecule has 0 radical (unpaired) electrons. The Labute approximate surface area is 140 Å². The topological polar surface area (TPSA) is 76.5 Å². The fourth-order valence-electron chi connectivity index (χ4n) is 2.77. The maximum Gasteiger partial charge on any atom is 0.261 e. The summed E-state index contributed by atoms with van der Waals surface area (Å²) < 4.78 is 7.23. The lowest BCUT2D eigenvalue weighted by atomic mass is 10.2. The second kappa shape index (κ2) is 7.00. The smallest absolute Gasteiger partial charge is 0.261 e. The van der Waals surface area contributed by atoms with Crippen molar-refractivity contribution in [1.29, 1.82) is 0 Å². The molecule has 3 rings (SSSR count). The molecule has 1 aromatic carbocycles. The molecule has 0 atom stereocenters. The fourth-order valence-corrected chi connectivity index (χ4v) is 2.77. The minimum Gasteiger partial charge on any atom is -0.484 e. The number of likely N-dealkylation sites (N-methyl/N-ethyl adjacent to an activating group) is 1. The van der Waals surface area contributed by atoms with Gasteiger partial charge in [-0.3, -0.25) is 14.2 Å².